The summed E-state index contributed by atoms with van der Waals surface area (Å²) in [6.07, 6.45) is 1.54. The molecule has 0 heterocycles. The van der Waals surface area contributed by atoms with Gasteiger partial charge in [0.1, 0.15) is 5.75 Å². The highest BCUT2D eigenvalue weighted by Crippen LogP contribution is 2.16. The van der Waals surface area contributed by atoms with E-state index in [1.54, 1.807) is 54.6 Å². The van der Waals surface area contributed by atoms with Crippen LogP contribution in [0.2, 0.25) is 5.02 Å². The van der Waals surface area contributed by atoms with E-state index in [0.717, 1.165) is 16.3 Å². The average molecular weight is 458 g/mol. The minimum atomic E-state index is -0.292. The van der Waals surface area contributed by atoms with E-state index in [0.29, 0.717) is 22.0 Å². The molecule has 0 atom stereocenters. The Labute approximate surface area is 195 Å². The topological polar surface area (TPSA) is 79.8 Å². The molecular formula is C26H20ClN3O3. The zero-order valence-electron chi connectivity index (χ0n) is 17.5. The number of carbonyl (C=O) groups excluding carboxylic acids is 2. The molecule has 0 unspecified atom stereocenters. The first-order chi connectivity index (χ1) is 16.1. The number of benzene rings is 4. The Morgan fingerprint density at radius 2 is 1.67 bits per heavy atom. The average Bonchev–Trinajstić information content (AvgIpc) is 2.83. The van der Waals surface area contributed by atoms with Crippen molar-refractivity contribution in [3.05, 3.63) is 107 Å². The minimum absolute atomic E-state index is 0.137. The van der Waals surface area contributed by atoms with Crippen LogP contribution in [0.25, 0.3) is 10.8 Å². The van der Waals surface area contributed by atoms with E-state index in [9.17, 15) is 9.59 Å². The van der Waals surface area contributed by atoms with Crippen LogP contribution in [-0.4, -0.2) is 24.6 Å². The van der Waals surface area contributed by atoms with Gasteiger partial charge in [0, 0.05) is 16.3 Å². The predicted molar refractivity (Wildman–Crippen MR) is 131 cm³/mol. The Balaban J connectivity index is 1.27. The highest BCUT2D eigenvalue weighted by molar-refractivity contribution is 6.30. The summed E-state index contributed by atoms with van der Waals surface area (Å²) in [5, 5.41) is 9.34. The third-order valence-electron chi connectivity index (χ3n) is 4.75. The van der Waals surface area contributed by atoms with E-state index in [-0.39, 0.29) is 18.4 Å². The third-order valence-corrected chi connectivity index (χ3v) is 4.98. The summed E-state index contributed by atoms with van der Waals surface area (Å²) in [5.41, 5.74) is 4.44. The lowest BCUT2D eigenvalue weighted by Gasteiger charge is -2.08. The molecule has 33 heavy (non-hydrogen) atoms. The van der Waals surface area contributed by atoms with Crippen molar-refractivity contribution in [1.29, 1.82) is 0 Å². The van der Waals surface area contributed by atoms with Gasteiger partial charge in [-0.1, -0.05) is 48.0 Å². The standard InChI is InChI=1S/C26H20ClN3O3/c27-22-6-3-7-23(15-22)29-25(31)17-33-24-12-8-18(9-13-24)16-28-30-26(32)21-11-10-19-4-1-2-5-20(19)14-21/h1-16H,17H2,(H,29,31)(H,30,32)/b28-16-. The number of carbonyl (C=O) groups is 2. The fourth-order valence-corrected chi connectivity index (χ4v) is 3.31. The molecule has 2 amide bonds. The predicted octanol–water partition coefficient (Wildman–Crippen LogP) is 5.27. The molecule has 0 aliphatic rings. The summed E-state index contributed by atoms with van der Waals surface area (Å²) in [4.78, 5) is 24.4. The molecule has 6 nitrogen and oxygen atoms in total. The number of amides is 2. The summed E-state index contributed by atoms with van der Waals surface area (Å²) in [6, 6.07) is 27.2. The molecule has 164 valence electrons. The Morgan fingerprint density at radius 3 is 2.45 bits per heavy atom. The second kappa shape index (κ2) is 10.4. The number of nitrogens with one attached hydrogen (secondary N) is 2. The number of rotatable bonds is 7. The Hall–Kier alpha value is -4.16. The first-order valence-electron chi connectivity index (χ1n) is 10.2. The molecule has 0 saturated heterocycles. The summed E-state index contributed by atoms with van der Waals surface area (Å²) in [7, 11) is 0. The van der Waals surface area contributed by atoms with Crippen molar-refractivity contribution < 1.29 is 14.3 Å². The van der Waals surface area contributed by atoms with Crippen LogP contribution in [0.5, 0.6) is 5.75 Å². The molecule has 4 aromatic rings. The molecule has 0 spiro atoms. The van der Waals surface area contributed by atoms with Crippen molar-refractivity contribution in [2.45, 2.75) is 0 Å². The van der Waals surface area contributed by atoms with Crippen LogP contribution in [0.4, 0.5) is 5.69 Å². The summed E-state index contributed by atoms with van der Waals surface area (Å²) < 4.78 is 5.50. The Bertz CT molecular complexity index is 1320. The van der Waals surface area contributed by atoms with Gasteiger partial charge < -0.3 is 10.1 Å². The summed E-state index contributed by atoms with van der Waals surface area (Å²) >= 11 is 5.91. The zero-order valence-corrected chi connectivity index (χ0v) is 18.3. The fraction of sp³-hybridized carbons (Fsp3) is 0.0385. The number of anilines is 1. The second-order valence-corrected chi connectivity index (χ2v) is 7.61. The largest absolute Gasteiger partial charge is 0.484 e. The molecular weight excluding hydrogens is 438 g/mol. The summed E-state index contributed by atoms with van der Waals surface area (Å²) in [6.45, 7) is -0.137. The molecule has 0 aliphatic carbocycles. The molecule has 0 aromatic heterocycles. The van der Waals surface area contributed by atoms with E-state index in [1.165, 1.54) is 6.21 Å². The number of halogens is 1. The molecule has 4 rings (SSSR count). The lowest BCUT2D eigenvalue weighted by atomic mass is 10.1. The normalized spacial score (nSPS) is 10.8. The van der Waals surface area contributed by atoms with Gasteiger partial charge in [0.25, 0.3) is 11.8 Å². The van der Waals surface area contributed by atoms with Crippen LogP contribution in [0, 0.1) is 0 Å². The van der Waals surface area contributed by atoms with Crippen molar-refractivity contribution in [3.63, 3.8) is 0 Å². The lowest BCUT2D eigenvalue weighted by molar-refractivity contribution is -0.118. The van der Waals surface area contributed by atoms with E-state index >= 15 is 0 Å². The fourth-order valence-electron chi connectivity index (χ4n) is 3.12. The van der Waals surface area contributed by atoms with E-state index in [2.05, 4.69) is 15.8 Å². The molecule has 0 bridgehead atoms. The first-order valence-corrected chi connectivity index (χ1v) is 10.6. The highest BCUT2D eigenvalue weighted by atomic mass is 35.5. The molecule has 2 N–H and O–H groups in total. The number of nitrogens with zero attached hydrogens (tertiary/aromatic N) is 1. The van der Waals surface area contributed by atoms with Gasteiger partial charge in [0.2, 0.25) is 0 Å². The number of ether oxygens (including phenoxy) is 1. The van der Waals surface area contributed by atoms with Gasteiger partial charge in [-0.15, -0.1) is 0 Å². The van der Waals surface area contributed by atoms with Crippen LogP contribution in [0.3, 0.4) is 0 Å². The SMILES string of the molecule is O=C(COc1ccc(/C=N\NC(=O)c2ccc3ccccc3c2)cc1)Nc1cccc(Cl)c1. The van der Waals surface area contributed by atoms with Crippen LogP contribution in [0.1, 0.15) is 15.9 Å². The Morgan fingerprint density at radius 1 is 0.879 bits per heavy atom. The number of hydrogen-bond donors (Lipinski definition) is 2. The second-order valence-electron chi connectivity index (χ2n) is 7.18. The molecule has 0 aliphatic heterocycles. The van der Waals surface area contributed by atoms with Gasteiger partial charge in [0.15, 0.2) is 6.61 Å². The summed E-state index contributed by atoms with van der Waals surface area (Å²) in [5.74, 6) is -0.0458. The molecule has 0 saturated carbocycles. The van der Waals surface area contributed by atoms with E-state index in [1.807, 2.05) is 36.4 Å². The maximum atomic E-state index is 12.3. The van der Waals surface area contributed by atoms with Crippen molar-refractivity contribution in [2.24, 2.45) is 5.10 Å². The maximum Gasteiger partial charge on any atom is 0.271 e. The van der Waals surface area contributed by atoms with Gasteiger partial charge >= 0.3 is 0 Å². The Kier molecular flexibility index (Phi) is 6.97. The first kappa shape index (κ1) is 22.0. The minimum Gasteiger partial charge on any atom is -0.484 e. The molecule has 7 heteroatoms. The molecule has 0 fully saturated rings. The van der Waals surface area contributed by atoms with Crippen LogP contribution in [0.15, 0.2) is 96.1 Å². The third kappa shape index (κ3) is 6.18. The van der Waals surface area contributed by atoms with Gasteiger partial charge in [-0.3, -0.25) is 9.59 Å². The van der Waals surface area contributed by atoms with Gasteiger partial charge in [-0.25, -0.2) is 5.43 Å². The number of hydrazone groups is 1. The van der Waals surface area contributed by atoms with Crippen molar-refractivity contribution in [2.75, 3.05) is 11.9 Å². The maximum absolute atomic E-state index is 12.3. The van der Waals surface area contributed by atoms with E-state index < -0.39 is 0 Å². The zero-order chi connectivity index (χ0) is 23.0. The van der Waals surface area contributed by atoms with Crippen molar-refractivity contribution >= 4 is 46.1 Å². The lowest BCUT2D eigenvalue weighted by Crippen LogP contribution is -2.20. The number of fused-ring (bicyclic) bond motifs is 1. The van der Waals surface area contributed by atoms with Crippen LogP contribution < -0.4 is 15.5 Å². The van der Waals surface area contributed by atoms with E-state index in [4.69, 9.17) is 16.3 Å². The van der Waals surface area contributed by atoms with Gasteiger partial charge in [-0.05, 0) is 70.9 Å². The smallest absolute Gasteiger partial charge is 0.271 e. The van der Waals surface area contributed by atoms with Crippen LogP contribution >= 0.6 is 11.6 Å². The molecule has 4 aromatic carbocycles. The van der Waals surface area contributed by atoms with Crippen molar-refractivity contribution in [1.82, 2.24) is 5.43 Å². The quantitative estimate of drug-likeness (QED) is 0.293. The highest BCUT2D eigenvalue weighted by Gasteiger charge is 2.06. The molecule has 0 radical (unpaired) electrons. The van der Waals surface area contributed by atoms with Crippen molar-refractivity contribution in [3.8, 4) is 5.75 Å². The van der Waals surface area contributed by atoms with Gasteiger partial charge in [0.05, 0.1) is 6.21 Å². The van der Waals surface area contributed by atoms with Gasteiger partial charge in [-0.2, -0.15) is 5.10 Å². The van der Waals surface area contributed by atoms with Crippen LogP contribution in [-0.2, 0) is 4.79 Å². The monoisotopic (exact) mass is 457 g/mol. The number of hydrogen-bond acceptors (Lipinski definition) is 4.